The number of anilines is 1. The highest BCUT2D eigenvalue weighted by Crippen LogP contribution is 2.38. The Balaban J connectivity index is 1.88. The Hall–Kier alpha value is -3.02. The summed E-state index contributed by atoms with van der Waals surface area (Å²) in [5.74, 6) is 0.244. The van der Waals surface area contributed by atoms with Crippen molar-refractivity contribution in [2.75, 3.05) is 12.0 Å². The van der Waals surface area contributed by atoms with Crippen molar-refractivity contribution < 1.29 is 23.8 Å². The van der Waals surface area contributed by atoms with Crippen molar-refractivity contribution in [3.63, 3.8) is 0 Å². The molecule has 0 spiro atoms. The van der Waals surface area contributed by atoms with Gasteiger partial charge in [-0.3, -0.25) is 4.79 Å². The van der Waals surface area contributed by atoms with E-state index in [1.165, 1.54) is 7.11 Å². The van der Waals surface area contributed by atoms with Crippen molar-refractivity contribution in [1.82, 2.24) is 0 Å². The lowest BCUT2D eigenvalue weighted by Gasteiger charge is -2.34. The van der Waals surface area contributed by atoms with Gasteiger partial charge in [-0.25, -0.2) is 4.79 Å². The average Bonchev–Trinajstić information content (AvgIpc) is 3.09. The minimum atomic E-state index is -0.518. The van der Waals surface area contributed by atoms with E-state index in [0.29, 0.717) is 28.3 Å². The number of rotatable bonds is 4. The highest BCUT2D eigenvalue weighted by molar-refractivity contribution is 6.12. The summed E-state index contributed by atoms with van der Waals surface area (Å²) in [7, 11) is 1.33. The largest absolute Gasteiger partial charge is 0.508 e. The normalized spacial score (nSPS) is 19.1. The lowest BCUT2D eigenvalue weighted by Crippen LogP contribution is -2.43. The Morgan fingerprint density at radius 2 is 1.74 bits per heavy atom. The smallest absolute Gasteiger partial charge is 0.340 e. The highest BCUT2D eigenvalue weighted by atomic mass is 16.5. The Morgan fingerprint density at radius 1 is 1.06 bits per heavy atom. The predicted octanol–water partition coefficient (Wildman–Crippen LogP) is 5.65. The second-order valence-corrected chi connectivity index (χ2v) is 8.90. The summed E-state index contributed by atoms with van der Waals surface area (Å²) < 4.78 is 10.9. The molecule has 1 aromatic heterocycles. The molecule has 4 rings (SSSR count). The van der Waals surface area contributed by atoms with Crippen LogP contribution in [0.3, 0.4) is 0 Å². The lowest BCUT2D eigenvalue weighted by molar-refractivity contribution is -0.123. The van der Waals surface area contributed by atoms with Crippen LogP contribution in [0.5, 0.6) is 5.75 Å². The van der Waals surface area contributed by atoms with Crippen LogP contribution in [0, 0.1) is 11.8 Å². The number of fused-ring (bicyclic) bond motifs is 3. The molecule has 1 fully saturated rings. The number of hydrogen-bond acceptors (Lipinski definition) is 5. The van der Waals surface area contributed by atoms with E-state index in [2.05, 4.69) is 6.92 Å². The molecule has 1 N–H and O–H groups in total. The van der Waals surface area contributed by atoms with Crippen LogP contribution >= 0.6 is 0 Å². The molecule has 1 amide bonds. The molecule has 0 atom stereocenters. The Morgan fingerprint density at radius 3 is 2.39 bits per heavy atom. The van der Waals surface area contributed by atoms with E-state index in [4.69, 9.17) is 9.15 Å². The van der Waals surface area contributed by atoms with Crippen molar-refractivity contribution in [1.29, 1.82) is 0 Å². The van der Waals surface area contributed by atoms with E-state index in [1.807, 2.05) is 19.9 Å². The number of carbonyl (C=O) groups is 2. The van der Waals surface area contributed by atoms with Gasteiger partial charge in [0.2, 0.25) is 5.91 Å². The minimum absolute atomic E-state index is 0.0436. The van der Waals surface area contributed by atoms with Gasteiger partial charge in [-0.1, -0.05) is 6.92 Å². The van der Waals surface area contributed by atoms with Crippen molar-refractivity contribution in [3.05, 3.63) is 35.9 Å². The van der Waals surface area contributed by atoms with Gasteiger partial charge in [-0.2, -0.15) is 0 Å². The van der Waals surface area contributed by atoms with Crippen LogP contribution in [0.2, 0.25) is 0 Å². The number of phenols is 1. The van der Waals surface area contributed by atoms with Crippen LogP contribution in [0.25, 0.3) is 21.9 Å². The molecule has 3 aromatic rings. The van der Waals surface area contributed by atoms with Crippen LogP contribution in [0.1, 0.15) is 56.8 Å². The van der Waals surface area contributed by atoms with Crippen LogP contribution < -0.4 is 4.90 Å². The van der Waals surface area contributed by atoms with Crippen LogP contribution in [0.4, 0.5) is 5.69 Å². The molecule has 1 aliphatic rings. The monoisotopic (exact) mass is 423 g/mol. The van der Waals surface area contributed by atoms with Gasteiger partial charge in [0.05, 0.1) is 18.4 Å². The molecule has 0 bridgehead atoms. The number of carbonyl (C=O) groups excluding carboxylic acids is 2. The van der Waals surface area contributed by atoms with Crippen LogP contribution in [-0.2, 0) is 9.53 Å². The summed E-state index contributed by atoms with van der Waals surface area (Å²) in [4.78, 5) is 28.0. The third kappa shape index (κ3) is 3.87. The first-order chi connectivity index (χ1) is 14.8. The van der Waals surface area contributed by atoms with Gasteiger partial charge < -0.3 is 19.2 Å². The number of amides is 1. The Labute approximate surface area is 181 Å². The van der Waals surface area contributed by atoms with Gasteiger partial charge in [0.1, 0.15) is 16.9 Å². The first-order valence-electron chi connectivity index (χ1n) is 10.9. The fourth-order valence-electron chi connectivity index (χ4n) is 4.63. The van der Waals surface area contributed by atoms with Gasteiger partial charge in [-0.05, 0) is 75.8 Å². The number of furan rings is 1. The number of benzene rings is 2. The number of phenolic OH excluding ortho intramolecular Hbond substituents is 1. The van der Waals surface area contributed by atoms with Crippen LogP contribution in [0.15, 0.2) is 34.7 Å². The van der Waals surface area contributed by atoms with E-state index in [1.54, 1.807) is 29.2 Å². The molecule has 2 aromatic carbocycles. The number of esters is 1. The van der Waals surface area contributed by atoms with Gasteiger partial charge in [0.25, 0.3) is 0 Å². The Bertz CT molecular complexity index is 1140. The maximum atomic E-state index is 13.6. The van der Waals surface area contributed by atoms with Crippen molar-refractivity contribution in [2.24, 2.45) is 11.8 Å². The zero-order valence-electron chi connectivity index (χ0n) is 18.5. The number of nitrogens with zero attached hydrogens (tertiary/aromatic N) is 1. The van der Waals surface area contributed by atoms with Crippen molar-refractivity contribution >= 4 is 39.5 Å². The number of ether oxygens (including phenoxy) is 1. The topological polar surface area (TPSA) is 80.0 Å². The first-order valence-corrected chi connectivity index (χ1v) is 10.9. The standard InChI is InChI=1S/C25H29NO5/c1-14(2)26(24(28)16-7-5-15(3)6-8-16)21-12-19-18-11-17(27)9-10-22(18)31-23(19)13-20(21)25(29)30-4/h9-16,27H,5-8H2,1-4H3/t15-,16-. The second-order valence-electron chi connectivity index (χ2n) is 8.90. The van der Waals surface area contributed by atoms with Crippen LogP contribution in [-0.4, -0.2) is 30.1 Å². The molecule has 164 valence electrons. The summed E-state index contributed by atoms with van der Waals surface area (Å²) in [5, 5.41) is 11.4. The SMILES string of the molecule is COC(=O)c1cc2oc3ccc(O)cc3c2cc1N(C(=O)[C@H]1CC[C@H](C)CC1)C(C)C. The molecule has 1 saturated carbocycles. The predicted molar refractivity (Wildman–Crippen MR) is 120 cm³/mol. The van der Waals surface area contributed by atoms with Gasteiger partial charge in [0.15, 0.2) is 0 Å². The quantitative estimate of drug-likeness (QED) is 0.549. The van der Waals surface area contributed by atoms with Crippen molar-refractivity contribution in [3.8, 4) is 5.75 Å². The van der Waals surface area contributed by atoms with Gasteiger partial charge >= 0.3 is 5.97 Å². The molecular weight excluding hydrogens is 394 g/mol. The van der Waals surface area contributed by atoms with E-state index < -0.39 is 5.97 Å². The lowest BCUT2D eigenvalue weighted by atomic mass is 9.82. The van der Waals surface area contributed by atoms with Crippen molar-refractivity contribution in [2.45, 2.75) is 52.5 Å². The summed E-state index contributed by atoms with van der Waals surface area (Å²) in [6.07, 6.45) is 3.80. The Kier molecular flexibility index (Phi) is 5.65. The molecular formula is C25H29NO5. The van der Waals surface area contributed by atoms with E-state index >= 15 is 0 Å². The molecule has 6 nitrogen and oxygen atoms in total. The number of hydrogen-bond donors (Lipinski definition) is 1. The molecule has 0 radical (unpaired) electrons. The fraction of sp³-hybridized carbons (Fsp3) is 0.440. The number of methoxy groups -OCH3 is 1. The minimum Gasteiger partial charge on any atom is -0.508 e. The average molecular weight is 424 g/mol. The summed E-state index contributed by atoms with van der Waals surface area (Å²) in [6, 6.07) is 8.19. The molecule has 0 aliphatic heterocycles. The third-order valence-electron chi connectivity index (χ3n) is 6.35. The molecule has 1 heterocycles. The molecule has 0 unspecified atom stereocenters. The highest BCUT2D eigenvalue weighted by Gasteiger charge is 2.33. The zero-order chi connectivity index (χ0) is 22.3. The molecule has 31 heavy (non-hydrogen) atoms. The first kappa shape index (κ1) is 21.2. The second kappa shape index (κ2) is 8.25. The summed E-state index contributed by atoms with van der Waals surface area (Å²) >= 11 is 0. The van der Waals surface area contributed by atoms with E-state index in [0.717, 1.165) is 36.5 Å². The number of aromatic hydroxyl groups is 1. The molecule has 1 aliphatic carbocycles. The molecule has 0 saturated heterocycles. The fourth-order valence-corrected chi connectivity index (χ4v) is 4.63. The van der Waals surface area contributed by atoms with E-state index in [-0.39, 0.29) is 23.6 Å². The third-order valence-corrected chi connectivity index (χ3v) is 6.35. The zero-order valence-corrected chi connectivity index (χ0v) is 18.5. The molecule has 6 heteroatoms. The maximum Gasteiger partial charge on any atom is 0.340 e. The summed E-state index contributed by atoms with van der Waals surface area (Å²) in [5.41, 5.74) is 1.92. The van der Waals surface area contributed by atoms with E-state index in [9.17, 15) is 14.7 Å². The summed E-state index contributed by atoms with van der Waals surface area (Å²) in [6.45, 7) is 6.13. The van der Waals surface area contributed by atoms with Gasteiger partial charge in [0, 0.05) is 22.7 Å². The maximum absolute atomic E-state index is 13.6. The van der Waals surface area contributed by atoms with Gasteiger partial charge in [-0.15, -0.1) is 0 Å².